The predicted molar refractivity (Wildman–Crippen MR) is 78.0 cm³/mol. The van der Waals surface area contributed by atoms with Crippen LogP contribution in [-0.4, -0.2) is 46.1 Å². The zero-order valence-corrected chi connectivity index (χ0v) is 12.3. The Morgan fingerprint density at radius 1 is 1.33 bits per heavy atom. The minimum absolute atomic E-state index is 0.0489. The molecule has 0 aliphatic rings. The van der Waals surface area contributed by atoms with Gasteiger partial charge in [0.05, 0.1) is 37.7 Å². The maximum Gasteiger partial charge on any atom is 0.340 e. The molecule has 0 heterocycles. The van der Waals surface area contributed by atoms with E-state index < -0.39 is 11.8 Å². The molecule has 0 unspecified atom stereocenters. The number of hydrogen-bond acceptors (Lipinski definition) is 6. The lowest BCUT2D eigenvalue weighted by atomic mass is 10.1. The van der Waals surface area contributed by atoms with E-state index in [0.29, 0.717) is 26.4 Å². The monoisotopic (exact) mass is 300 g/mol. The molecule has 0 saturated carbocycles. The number of carbonyl (C=O) groups excluding carboxylic acids is 1. The average Bonchev–Trinajstić information content (AvgIpc) is 2.44. The number of carbonyl (C=O) groups is 1. The highest BCUT2D eigenvalue weighted by atomic mass is 19.1. The Labute approximate surface area is 123 Å². The van der Waals surface area contributed by atoms with Crippen LogP contribution in [0, 0.1) is 5.82 Å². The van der Waals surface area contributed by atoms with Crippen molar-refractivity contribution in [2.45, 2.75) is 6.92 Å². The molecule has 0 amide bonds. The van der Waals surface area contributed by atoms with E-state index in [1.807, 2.05) is 0 Å². The van der Waals surface area contributed by atoms with Gasteiger partial charge in [-0.15, -0.1) is 0 Å². The summed E-state index contributed by atoms with van der Waals surface area (Å²) in [6.07, 6.45) is 0. The lowest BCUT2D eigenvalue weighted by Crippen LogP contribution is -2.14. The molecule has 0 aliphatic heterocycles. The molecule has 0 aliphatic carbocycles. The largest absolute Gasteiger partial charge is 0.462 e. The van der Waals surface area contributed by atoms with Crippen molar-refractivity contribution in [3.05, 3.63) is 23.5 Å². The topological polar surface area (TPSA) is 82.8 Å². The molecule has 0 radical (unpaired) electrons. The number of nitrogens with two attached hydrogens (primary N) is 1. The van der Waals surface area contributed by atoms with Crippen molar-refractivity contribution in [2.75, 3.05) is 51.1 Å². The van der Waals surface area contributed by atoms with Crippen molar-refractivity contribution in [1.29, 1.82) is 0 Å². The van der Waals surface area contributed by atoms with Crippen LogP contribution in [0.25, 0.3) is 0 Å². The highest BCUT2D eigenvalue weighted by Gasteiger charge is 2.15. The van der Waals surface area contributed by atoms with Gasteiger partial charge in [-0.05, 0) is 19.1 Å². The molecule has 3 N–H and O–H groups in total. The lowest BCUT2D eigenvalue weighted by molar-refractivity contribution is 0.0527. The van der Waals surface area contributed by atoms with Crippen LogP contribution in [0.2, 0.25) is 0 Å². The van der Waals surface area contributed by atoms with Gasteiger partial charge in [0, 0.05) is 19.3 Å². The molecule has 1 aromatic carbocycles. The van der Waals surface area contributed by atoms with Gasteiger partial charge in [-0.2, -0.15) is 0 Å². The van der Waals surface area contributed by atoms with Crippen molar-refractivity contribution >= 4 is 17.3 Å². The van der Waals surface area contributed by atoms with Crippen molar-refractivity contribution in [1.82, 2.24) is 0 Å². The van der Waals surface area contributed by atoms with Crippen molar-refractivity contribution in [2.24, 2.45) is 0 Å². The third-order valence-electron chi connectivity index (χ3n) is 2.63. The number of nitrogens with one attached hydrogen (secondary N) is 1. The number of ether oxygens (including phenoxy) is 3. The molecule has 1 rings (SSSR count). The van der Waals surface area contributed by atoms with Gasteiger partial charge in [0.25, 0.3) is 0 Å². The van der Waals surface area contributed by atoms with Crippen molar-refractivity contribution < 1.29 is 23.4 Å². The van der Waals surface area contributed by atoms with Gasteiger partial charge in [-0.3, -0.25) is 0 Å². The molecule has 0 fully saturated rings. The zero-order chi connectivity index (χ0) is 15.7. The van der Waals surface area contributed by atoms with E-state index in [2.05, 4.69) is 5.32 Å². The Morgan fingerprint density at radius 3 is 2.76 bits per heavy atom. The summed E-state index contributed by atoms with van der Waals surface area (Å²) in [5.74, 6) is -1.10. The number of hydrogen-bond donors (Lipinski definition) is 2. The van der Waals surface area contributed by atoms with E-state index in [4.69, 9.17) is 19.9 Å². The SMILES string of the molecule is CCOC(=O)c1cc(NCCOCCOC)c(F)cc1N. The minimum Gasteiger partial charge on any atom is -0.462 e. The van der Waals surface area contributed by atoms with Crippen molar-refractivity contribution in [3.8, 4) is 0 Å². The van der Waals surface area contributed by atoms with Gasteiger partial charge >= 0.3 is 5.97 Å². The maximum absolute atomic E-state index is 13.8. The molecule has 0 saturated heterocycles. The van der Waals surface area contributed by atoms with E-state index in [1.165, 1.54) is 6.07 Å². The molecular formula is C14H21FN2O4. The summed E-state index contributed by atoms with van der Waals surface area (Å²) in [6, 6.07) is 2.44. The fourth-order valence-corrected chi connectivity index (χ4v) is 1.61. The summed E-state index contributed by atoms with van der Waals surface area (Å²) < 4.78 is 28.7. The van der Waals surface area contributed by atoms with Crippen LogP contribution in [-0.2, 0) is 14.2 Å². The summed E-state index contributed by atoms with van der Waals surface area (Å²) in [4.78, 5) is 11.7. The summed E-state index contributed by atoms with van der Waals surface area (Å²) in [5.41, 5.74) is 6.00. The summed E-state index contributed by atoms with van der Waals surface area (Å²) in [5, 5.41) is 2.85. The number of halogens is 1. The van der Waals surface area contributed by atoms with E-state index in [9.17, 15) is 9.18 Å². The predicted octanol–water partition coefficient (Wildman–Crippen LogP) is 1.66. The van der Waals surface area contributed by atoms with Crippen LogP contribution in [0.1, 0.15) is 17.3 Å². The normalized spacial score (nSPS) is 10.4. The van der Waals surface area contributed by atoms with E-state index in [0.717, 1.165) is 6.07 Å². The second kappa shape index (κ2) is 9.15. The highest BCUT2D eigenvalue weighted by Crippen LogP contribution is 2.22. The van der Waals surface area contributed by atoms with Crippen molar-refractivity contribution in [3.63, 3.8) is 0 Å². The number of rotatable bonds is 9. The quantitative estimate of drug-likeness (QED) is 0.410. The van der Waals surface area contributed by atoms with Crippen LogP contribution in [0.4, 0.5) is 15.8 Å². The Bertz CT molecular complexity index is 469. The first-order valence-electron chi connectivity index (χ1n) is 6.66. The molecule has 0 spiro atoms. The summed E-state index contributed by atoms with van der Waals surface area (Å²) in [7, 11) is 1.59. The molecule has 7 heteroatoms. The Morgan fingerprint density at radius 2 is 2.10 bits per heavy atom. The maximum atomic E-state index is 13.8. The fourth-order valence-electron chi connectivity index (χ4n) is 1.61. The first-order valence-corrected chi connectivity index (χ1v) is 6.66. The van der Waals surface area contributed by atoms with Crippen LogP contribution in [0.3, 0.4) is 0 Å². The molecular weight excluding hydrogens is 279 g/mol. The fraction of sp³-hybridized carbons (Fsp3) is 0.500. The van der Waals surface area contributed by atoms with Gasteiger partial charge in [0.2, 0.25) is 0 Å². The summed E-state index contributed by atoms with van der Waals surface area (Å²) >= 11 is 0. The van der Waals surface area contributed by atoms with Crippen LogP contribution in [0.5, 0.6) is 0 Å². The van der Waals surface area contributed by atoms with E-state index >= 15 is 0 Å². The second-order valence-corrected chi connectivity index (χ2v) is 4.17. The third-order valence-corrected chi connectivity index (χ3v) is 2.63. The molecule has 6 nitrogen and oxygen atoms in total. The highest BCUT2D eigenvalue weighted by molar-refractivity contribution is 5.96. The minimum atomic E-state index is -0.575. The van der Waals surface area contributed by atoms with Gasteiger partial charge in [-0.25, -0.2) is 9.18 Å². The van der Waals surface area contributed by atoms with E-state index in [-0.39, 0.29) is 23.5 Å². The average molecular weight is 300 g/mol. The molecule has 0 bridgehead atoms. The standard InChI is InChI=1S/C14H21FN2O4/c1-3-21-14(18)10-8-13(11(15)9-12(10)16)17-4-5-20-7-6-19-2/h8-9,17H,3-7,16H2,1-2H3. The van der Waals surface area contributed by atoms with E-state index in [1.54, 1.807) is 14.0 Å². The number of nitrogen functional groups attached to an aromatic ring is 1. The Kier molecular flexibility index (Phi) is 7.49. The zero-order valence-electron chi connectivity index (χ0n) is 12.3. The number of benzene rings is 1. The van der Waals surface area contributed by atoms with Crippen LogP contribution < -0.4 is 11.1 Å². The van der Waals surface area contributed by atoms with Gasteiger partial charge < -0.3 is 25.3 Å². The molecule has 0 aromatic heterocycles. The summed E-state index contributed by atoms with van der Waals surface area (Å²) in [6.45, 7) is 3.67. The third kappa shape index (κ3) is 5.57. The molecule has 118 valence electrons. The molecule has 21 heavy (non-hydrogen) atoms. The van der Waals surface area contributed by atoms with Gasteiger partial charge in [0.15, 0.2) is 0 Å². The Balaban J connectivity index is 2.61. The first kappa shape index (κ1) is 17.2. The first-order chi connectivity index (χ1) is 10.1. The van der Waals surface area contributed by atoms with Gasteiger partial charge in [0.1, 0.15) is 5.82 Å². The van der Waals surface area contributed by atoms with Crippen LogP contribution in [0.15, 0.2) is 12.1 Å². The number of esters is 1. The molecule has 0 atom stereocenters. The molecule has 1 aromatic rings. The lowest BCUT2D eigenvalue weighted by Gasteiger charge is -2.11. The van der Waals surface area contributed by atoms with Crippen LogP contribution >= 0.6 is 0 Å². The Hall–Kier alpha value is -1.86. The second-order valence-electron chi connectivity index (χ2n) is 4.17. The number of anilines is 2. The smallest absolute Gasteiger partial charge is 0.340 e. The number of methoxy groups -OCH3 is 1. The van der Waals surface area contributed by atoms with Gasteiger partial charge in [-0.1, -0.05) is 0 Å².